The molecule has 0 aromatic carbocycles. The molecule has 0 aliphatic rings. The van der Waals surface area contributed by atoms with Crippen LogP contribution >= 0.6 is 46.9 Å². The van der Waals surface area contributed by atoms with Crippen LogP contribution in [0.1, 0.15) is 5.56 Å². The van der Waals surface area contributed by atoms with Crippen LogP contribution in [0.5, 0.6) is 0 Å². The normalized spacial score (nSPS) is 9.36. The Morgan fingerprint density at radius 2 is 2.09 bits per heavy atom. The van der Waals surface area contributed by atoms with Gasteiger partial charge in [-0.05, 0) is 24.6 Å². The van der Waals surface area contributed by atoms with Crippen LogP contribution in [0, 0.1) is 0 Å². The molecule has 0 unspecified atom stereocenters. The largest absolute Gasteiger partial charge is 0.330 e. The van der Waals surface area contributed by atoms with Crippen molar-refractivity contribution in [2.45, 2.75) is 6.42 Å². The second-order valence-electron chi connectivity index (χ2n) is 1.89. The molecule has 0 amide bonds. The summed E-state index contributed by atoms with van der Waals surface area (Å²) in [5.41, 5.74) is 6.40. The first-order valence-electron chi connectivity index (χ1n) is 2.88. The van der Waals surface area contributed by atoms with Crippen molar-refractivity contribution >= 4 is 46.9 Å². The Bertz CT molecular complexity index is 224. The van der Waals surface area contributed by atoms with Crippen molar-refractivity contribution in [2.24, 2.45) is 5.73 Å². The fourth-order valence-electron chi connectivity index (χ4n) is 0.700. The van der Waals surface area contributed by atoms with E-state index in [0.29, 0.717) is 6.54 Å². The van der Waals surface area contributed by atoms with E-state index in [1.165, 1.54) is 11.3 Å². The minimum absolute atomic E-state index is 0. The van der Waals surface area contributed by atoms with Gasteiger partial charge in [0.25, 0.3) is 0 Å². The Kier molecular flexibility index (Phi) is 5.48. The van der Waals surface area contributed by atoms with Crippen molar-refractivity contribution in [1.29, 1.82) is 0 Å². The van der Waals surface area contributed by atoms with Gasteiger partial charge in [0, 0.05) is 0 Å². The van der Waals surface area contributed by atoms with Crippen LogP contribution < -0.4 is 5.73 Å². The summed E-state index contributed by atoms with van der Waals surface area (Å²) < 4.78 is 1.49. The van der Waals surface area contributed by atoms with Crippen LogP contribution in [0.25, 0.3) is 0 Å². The van der Waals surface area contributed by atoms with E-state index in [2.05, 4.69) is 0 Å². The highest BCUT2D eigenvalue weighted by Gasteiger charge is 2.03. The third-order valence-corrected chi connectivity index (χ3v) is 2.71. The molecular formula is C6H8Cl3NS. The highest BCUT2D eigenvalue weighted by molar-refractivity contribution is 7.20. The fraction of sp³-hybridized carbons (Fsp3) is 0.333. The van der Waals surface area contributed by atoms with Crippen molar-refractivity contribution in [3.05, 3.63) is 20.3 Å². The summed E-state index contributed by atoms with van der Waals surface area (Å²) in [7, 11) is 0. The summed E-state index contributed by atoms with van der Waals surface area (Å²) in [6.07, 6.45) is 0.808. The molecule has 0 saturated carbocycles. The van der Waals surface area contributed by atoms with E-state index in [1.807, 2.05) is 6.07 Å². The summed E-state index contributed by atoms with van der Waals surface area (Å²) in [6.45, 7) is 0.618. The Morgan fingerprint density at radius 3 is 2.45 bits per heavy atom. The predicted molar refractivity (Wildman–Crippen MR) is 54.3 cm³/mol. The molecule has 1 heterocycles. The third-order valence-electron chi connectivity index (χ3n) is 1.14. The highest BCUT2D eigenvalue weighted by Crippen LogP contribution is 2.30. The number of rotatable bonds is 2. The lowest BCUT2D eigenvalue weighted by atomic mass is 10.2. The zero-order valence-electron chi connectivity index (χ0n) is 5.64. The molecule has 1 aromatic rings. The molecule has 0 aliphatic heterocycles. The van der Waals surface area contributed by atoms with E-state index < -0.39 is 0 Å². The maximum Gasteiger partial charge on any atom is 0.0976 e. The van der Waals surface area contributed by atoms with Gasteiger partial charge in [0.1, 0.15) is 0 Å². The molecule has 0 bridgehead atoms. The molecule has 2 N–H and O–H groups in total. The summed E-state index contributed by atoms with van der Waals surface area (Å²) in [5, 5.41) is 0. The van der Waals surface area contributed by atoms with Crippen LogP contribution in [-0.2, 0) is 6.42 Å². The molecule has 0 fully saturated rings. The van der Waals surface area contributed by atoms with Crippen molar-refractivity contribution in [3.8, 4) is 0 Å². The average Bonchev–Trinajstić information content (AvgIpc) is 2.13. The van der Waals surface area contributed by atoms with Crippen LogP contribution in [0.4, 0.5) is 0 Å². The second-order valence-corrected chi connectivity index (χ2v) is 4.17. The first-order chi connectivity index (χ1) is 4.74. The van der Waals surface area contributed by atoms with Crippen molar-refractivity contribution in [1.82, 2.24) is 0 Å². The van der Waals surface area contributed by atoms with E-state index in [9.17, 15) is 0 Å². The van der Waals surface area contributed by atoms with E-state index in [-0.39, 0.29) is 12.4 Å². The van der Waals surface area contributed by atoms with E-state index in [1.54, 1.807) is 0 Å². The predicted octanol–water partition coefficient (Wildman–Crippen LogP) is 2.98. The molecule has 1 aromatic heterocycles. The Labute approximate surface area is 85.9 Å². The Morgan fingerprint density at radius 1 is 1.45 bits per heavy atom. The Balaban J connectivity index is 0.000001000. The monoisotopic (exact) mass is 231 g/mol. The van der Waals surface area contributed by atoms with Gasteiger partial charge in [-0.15, -0.1) is 23.7 Å². The molecule has 64 valence electrons. The quantitative estimate of drug-likeness (QED) is 0.834. The zero-order chi connectivity index (χ0) is 7.56. The molecule has 1 nitrogen and oxygen atoms in total. The van der Waals surface area contributed by atoms with Gasteiger partial charge in [0.05, 0.1) is 8.67 Å². The maximum absolute atomic E-state index is 5.80. The van der Waals surface area contributed by atoms with E-state index in [0.717, 1.165) is 20.7 Å². The number of hydrogen-bond acceptors (Lipinski definition) is 2. The first kappa shape index (κ1) is 11.5. The van der Waals surface area contributed by atoms with Gasteiger partial charge >= 0.3 is 0 Å². The van der Waals surface area contributed by atoms with Gasteiger partial charge < -0.3 is 5.73 Å². The smallest absolute Gasteiger partial charge is 0.0976 e. The molecule has 11 heavy (non-hydrogen) atoms. The molecule has 1 rings (SSSR count). The second kappa shape index (κ2) is 5.22. The van der Waals surface area contributed by atoms with Gasteiger partial charge in [-0.2, -0.15) is 0 Å². The number of hydrogen-bond donors (Lipinski definition) is 1. The van der Waals surface area contributed by atoms with Gasteiger partial charge in [0.2, 0.25) is 0 Å². The third kappa shape index (κ3) is 3.18. The summed E-state index contributed by atoms with van der Waals surface area (Å²) in [6, 6.07) is 1.86. The topological polar surface area (TPSA) is 26.0 Å². The fourth-order valence-corrected chi connectivity index (χ4v) is 2.24. The number of thiophene rings is 1. The highest BCUT2D eigenvalue weighted by atomic mass is 35.5. The van der Waals surface area contributed by atoms with Gasteiger partial charge in [0.15, 0.2) is 0 Å². The zero-order valence-corrected chi connectivity index (χ0v) is 8.79. The molecule has 0 aliphatic carbocycles. The lowest BCUT2D eigenvalue weighted by molar-refractivity contribution is 0.974. The molecule has 0 atom stereocenters. The molecular weight excluding hydrogens is 224 g/mol. The number of halogens is 3. The van der Waals surface area contributed by atoms with E-state index in [4.69, 9.17) is 28.9 Å². The molecule has 0 radical (unpaired) electrons. The van der Waals surface area contributed by atoms with Gasteiger partial charge in [-0.25, -0.2) is 0 Å². The molecule has 5 heteroatoms. The SMILES string of the molecule is Cl.NCCc1cc(Cl)sc1Cl. The minimum Gasteiger partial charge on any atom is -0.330 e. The van der Waals surface area contributed by atoms with Crippen LogP contribution in [0.2, 0.25) is 8.67 Å². The number of nitrogens with two attached hydrogens (primary N) is 1. The van der Waals surface area contributed by atoms with Crippen molar-refractivity contribution < 1.29 is 0 Å². The first-order valence-corrected chi connectivity index (χ1v) is 4.45. The summed E-state index contributed by atoms with van der Waals surface area (Å²) >= 11 is 12.9. The standard InChI is InChI=1S/C6H7Cl2NS.ClH/c7-5-3-4(1-2-9)6(8)10-5;/h3H,1-2,9H2;1H. The summed E-state index contributed by atoms with van der Waals surface area (Å²) in [5.74, 6) is 0. The molecule has 0 saturated heterocycles. The van der Waals surface area contributed by atoms with Crippen molar-refractivity contribution in [2.75, 3.05) is 6.54 Å². The molecule has 0 spiro atoms. The van der Waals surface area contributed by atoms with Crippen LogP contribution in [0.3, 0.4) is 0 Å². The Hall–Kier alpha value is 0.530. The minimum atomic E-state index is 0. The van der Waals surface area contributed by atoms with E-state index >= 15 is 0 Å². The lowest BCUT2D eigenvalue weighted by Crippen LogP contribution is -2.01. The average molecular weight is 233 g/mol. The van der Waals surface area contributed by atoms with Crippen LogP contribution in [0.15, 0.2) is 6.07 Å². The van der Waals surface area contributed by atoms with Crippen molar-refractivity contribution in [3.63, 3.8) is 0 Å². The maximum atomic E-state index is 5.80. The lowest BCUT2D eigenvalue weighted by Gasteiger charge is -1.90. The van der Waals surface area contributed by atoms with Gasteiger partial charge in [-0.3, -0.25) is 0 Å². The summed E-state index contributed by atoms with van der Waals surface area (Å²) in [4.78, 5) is 0. The van der Waals surface area contributed by atoms with Gasteiger partial charge in [-0.1, -0.05) is 23.2 Å². The van der Waals surface area contributed by atoms with Crippen LogP contribution in [-0.4, -0.2) is 6.54 Å².